The zero-order valence-corrected chi connectivity index (χ0v) is 10.6. The van der Waals surface area contributed by atoms with Crippen LogP contribution in [0.1, 0.15) is 11.3 Å². The number of hydrogen-bond acceptors (Lipinski definition) is 3. The van der Waals surface area contributed by atoms with Gasteiger partial charge in [0.25, 0.3) is 0 Å². The van der Waals surface area contributed by atoms with Crippen molar-refractivity contribution in [2.45, 2.75) is 23.9 Å². The molecule has 0 saturated heterocycles. The first-order valence-electron chi connectivity index (χ1n) is 4.88. The molecule has 4 heteroatoms. The van der Waals surface area contributed by atoms with E-state index in [0.717, 1.165) is 15.7 Å². The van der Waals surface area contributed by atoms with E-state index in [-0.39, 0.29) is 0 Å². The Labute approximate surface area is 104 Å². The van der Waals surface area contributed by atoms with E-state index in [1.165, 1.54) is 5.56 Å². The van der Waals surface area contributed by atoms with Gasteiger partial charge in [0.05, 0.1) is 5.02 Å². The molecule has 0 aliphatic heterocycles. The van der Waals surface area contributed by atoms with Gasteiger partial charge in [-0.1, -0.05) is 23.4 Å². The van der Waals surface area contributed by atoms with Crippen LogP contribution in [0.4, 0.5) is 0 Å². The predicted molar refractivity (Wildman–Crippen MR) is 67.1 cm³/mol. The maximum atomic E-state index is 5.78. The number of pyridine rings is 2. The minimum Gasteiger partial charge on any atom is -0.248 e. The number of halogens is 1. The molecule has 0 aliphatic carbocycles. The smallest absolute Gasteiger partial charge is 0.103 e. The van der Waals surface area contributed by atoms with E-state index in [0.29, 0.717) is 5.02 Å². The van der Waals surface area contributed by atoms with Crippen molar-refractivity contribution >= 4 is 23.4 Å². The Morgan fingerprint density at radius 3 is 2.56 bits per heavy atom. The van der Waals surface area contributed by atoms with E-state index >= 15 is 0 Å². The molecule has 0 radical (unpaired) electrons. The van der Waals surface area contributed by atoms with Crippen molar-refractivity contribution in [1.82, 2.24) is 9.97 Å². The van der Waals surface area contributed by atoms with Gasteiger partial charge in [-0.2, -0.15) is 0 Å². The molecule has 0 bridgehead atoms. The lowest BCUT2D eigenvalue weighted by molar-refractivity contribution is 1.04. The third kappa shape index (κ3) is 2.97. The largest absolute Gasteiger partial charge is 0.248 e. The van der Waals surface area contributed by atoms with E-state index in [1.54, 1.807) is 18.0 Å². The molecule has 2 aromatic heterocycles. The van der Waals surface area contributed by atoms with E-state index in [9.17, 15) is 0 Å². The fraction of sp³-hybridized carbons (Fsp3) is 0.167. The lowest BCUT2D eigenvalue weighted by Gasteiger charge is -2.03. The highest BCUT2D eigenvalue weighted by atomic mass is 35.5. The van der Waals surface area contributed by atoms with Crippen LogP contribution in [-0.4, -0.2) is 9.97 Å². The Morgan fingerprint density at radius 2 is 1.94 bits per heavy atom. The van der Waals surface area contributed by atoms with Crippen molar-refractivity contribution < 1.29 is 0 Å². The minimum absolute atomic E-state index is 0.651. The molecule has 0 saturated carbocycles. The zero-order valence-electron chi connectivity index (χ0n) is 9.07. The molecule has 0 amide bonds. The summed E-state index contributed by atoms with van der Waals surface area (Å²) in [4.78, 5) is 8.67. The lowest BCUT2D eigenvalue weighted by atomic mass is 10.3. The Hall–Kier alpha value is -1.06. The quantitative estimate of drug-likeness (QED) is 0.809. The van der Waals surface area contributed by atoms with Crippen LogP contribution < -0.4 is 0 Å². The summed E-state index contributed by atoms with van der Waals surface area (Å²) in [5, 5.41) is 2.52. The van der Waals surface area contributed by atoms with E-state index in [4.69, 9.17) is 11.6 Å². The van der Waals surface area contributed by atoms with Gasteiger partial charge in [-0.25, -0.2) is 9.97 Å². The Balaban J connectivity index is 2.23. The average Bonchev–Trinajstić information content (AvgIpc) is 2.20. The maximum Gasteiger partial charge on any atom is 0.103 e. The number of aryl methyl sites for hydroxylation is 2. The second kappa shape index (κ2) is 4.85. The van der Waals surface area contributed by atoms with Crippen LogP contribution >= 0.6 is 23.4 Å². The number of hydrogen-bond donors (Lipinski definition) is 0. The molecule has 2 rings (SSSR count). The summed E-state index contributed by atoms with van der Waals surface area (Å²) in [6, 6.07) is 7.83. The van der Waals surface area contributed by atoms with Crippen LogP contribution in [-0.2, 0) is 0 Å². The maximum absolute atomic E-state index is 5.78. The van der Waals surface area contributed by atoms with Crippen molar-refractivity contribution in [3.05, 3.63) is 46.7 Å². The molecule has 16 heavy (non-hydrogen) atoms. The lowest BCUT2D eigenvalue weighted by Crippen LogP contribution is -1.87. The molecule has 0 spiro atoms. The molecule has 82 valence electrons. The van der Waals surface area contributed by atoms with Crippen LogP contribution in [0.25, 0.3) is 0 Å². The normalized spacial score (nSPS) is 10.4. The topological polar surface area (TPSA) is 25.8 Å². The van der Waals surface area contributed by atoms with Crippen LogP contribution in [0.3, 0.4) is 0 Å². The fourth-order valence-electron chi connectivity index (χ4n) is 1.39. The van der Waals surface area contributed by atoms with Crippen molar-refractivity contribution in [2.75, 3.05) is 0 Å². The molecule has 2 aromatic rings. The summed E-state index contributed by atoms with van der Waals surface area (Å²) in [5.74, 6) is 0. The van der Waals surface area contributed by atoms with Crippen molar-refractivity contribution in [2.24, 2.45) is 0 Å². The van der Waals surface area contributed by atoms with Crippen molar-refractivity contribution in [3.63, 3.8) is 0 Å². The van der Waals surface area contributed by atoms with Crippen LogP contribution in [0.5, 0.6) is 0 Å². The molecule has 0 aliphatic rings. The SMILES string of the molecule is Cc1cc(C)nc(Sc2ccc(Cl)cn2)c1. The first-order chi connectivity index (χ1) is 7.63. The van der Waals surface area contributed by atoms with Crippen molar-refractivity contribution in [1.29, 1.82) is 0 Å². The number of aromatic nitrogens is 2. The zero-order chi connectivity index (χ0) is 11.5. The average molecular weight is 251 g/mol. The summed E-state index contributed by atoms with van der Waals surface area (Å²) in [6.45, 7) is 4.06. The standard InChI is InChI=1S/C12H11ClN2S/c1-8-5-9(2)15-12(6-8)16-11-4-3-10(13)7-14-11/h3-7H,1-2H3. The van der Waals surface area contributed by atoms with Gasteiger partial charge < -0.3 is 0 Å². The summed E-state index contributed by atoms with van der Waals surface area (Å²) < 4.78 is 0. The van der Waals surface area contributed by atoms with Gasteiger partial charge in [-0.05, 0) is 43.7 Å². The molecular weight excluding hydrogens is 240 g/mol. The van der Waals surface area contributed by atoms with Crippen LogP contribution in [0, 0.1) is 13.8 Å². The van der Waals surface area contributed by atoms with Crippen molar-refractivity contribution in [3.8, 4) is 0 Å². The van der Waals surface area contributed by atoms with Gasteiger partial charge in [0.1, 0.15) is 10.1 Å². The predicted octanol–water partition coefficient (Wildman–Crippen LogP) is 3.90. The molecule has 2 nitrogen and oxygen atoms in total. The third-order valence-corrected chi connectivity index (χ3v) is 3.08. The first-order valence-corrected chi connectivity index (χ1v) is 6.07. The Kier molecular flexibility index (Phi) is 3.46. The molecule has 0 atom stereocenters. The fourth-order valence-corrected chi connectivity index (χ4v) is 2.39. The van der Waals surface area contributed by atoms with Gasteiger partial charge in [0, 0.05) is 11.9 Å². The molecule has 0 unspecified atom stereocenters. The highest BCUT2D eigenvalue weighted by molar-refractivity contribution is 7.99. The summed E-state index contributed by atoms with van der Waals surface area (Å²) in [6.07, 6.45) is 1.65. The number of rotatable bonds is 2. The van der Waals surface area contributed by atoms with Crippen LogP contribution in [0.15, 0.2) is 40.5 Å². The van der Waals surface area contributed by atoms with Gasteiger partial charge in [0.15, 0.2) is 0 Å². The molecule has 2 heterocycles. The second-order valence-electron chi connectivity index (χ2n) is 3.54. The van der Waals surface area contributed by atoms with Gasteiger partial charge in [-0.15, -0.1) is 0 Å². The Bertz CT molecular complexity index is 477. The van der Waals surface area contributed by atoms with E-state index in [1.807, 2.05) is 25.1 Å². The monoisotopic (exact) mass is 250 g/mol. The molecule has 0 N–H and O–H groups in total. The molecular formula is C12H11ClN2S. The van der Waals surface area contributed by atoms with E-state index in [2.05, 4.69) is 23.0 Å². The summed E-state index contributed by atoms with van der Waals surface area (Å²) >= 11 is 7.32. The minimum atomic E-state index is 0.651. The highest BCUT2D eigenvalue weighted by Gasteiger charge is 2.01. The molecule has 0 fully saturated rings. The van der Waals surface area contributed by atoms with Gasteiger partial charge >= 0.3 is 0 Å². The van der Waals surface area contributed by atoms with Crippen LogP contribution in [0.2, 0.25) is 5.02 Å². The second-order valence-corrected chi connectivity index (χ2v) is 5.02. The number of nitrogens with zero attached hydrogens (tertiary/aromatic N) is 2. The van der Waals surface area contributed by atoms with Gasteiger partial charge in [0.2, 0.25) is 0 Å². The third-order valence-electron chi connectivity index (χ3n) is 1.98. The van der Waals surface area contributed by atoms with E-state index < -0.39 is 0 Å². The summed E-state index contributed by atoms with van der Waals surface area (Å²) in [7, 11) is 0. The highest BCUT2D eigenvalue weighted by Crippen LogP contribution is 2.25. The molecule has 0 aromatic carbocycles. The Morgan fingerprint density at radius 1 is 1.12 bits per heavy atom. The summed E-state index contributed by atoms with van der Waals surface area (Å²) in [5.41, 5.74) is 2.24. The van der Waals surface area contributed by atoms with Gasteiger partial charge in [-0.3, -0.25) is 0 Å². The first kappa shape index (κ1) is 11.4.